The number of methoxy groups -OCH3 is 1. The summed E-state index contributed by atoms with van der Waals surface area (Å²) in [6.07, 6.45) is -10.5. The van der Waals surface area contributed by atoms with Crippen molar-refractivity contribution in [1.29, 1.82) is 0 Å². The molecule has 234 valence electrons. The second-order valence-corrected chi connectivity index (χ2v) is 11.0. The molecule has 0 aliphatic carbocycles. The highest BCUT2D eigenvalue weighted by molar-refractivity contribution is 5.84. The summed E-state index contributed by atoms with van der Waals surface area (Å²) in [7, 11) is 2.52. The van der Waals surface area contributed by atoms with Crippen molar-refractivity contribution in [1.82, 2.24) is 14.7 Å². The summed E-state index contributed by atoms with van der Waals surface area (Å²) in [5.74, 6) is -3.16. The highest BCUT2D eigenvalue weighted by Gasteiger charge is 2.44. The maximum Gasteiger partial charge on any atom is 0.416 e. The lowest BCUT2D eigenvalue weighted by Gasteiger charge is -2.44. The third-order valence-electron chi connectivity index (χ3n) is 7.98. The first kappa shape index (κ1) is 32.1. The number of benzene rings is 2. The van der Waals surface area contributed by atoms with Gasteiger partial charge in [-0.05, 0) is 60.4 Å². The Kier molecular flexibility index (Phi) is 8.98. The van der Waals surface area contributed by atoms with E-state index in [2.05, 4.69) is 4.74 Å². The molecule has 2 heterocycles. The summed E-state index contributed by atoms with van der Waals surface area (Å²) in [6.45, 7) is 1.70. The predicted octanol–water partition coefficient (Wildman–Crippen LogP) is 5.46. The van der Waals surface area contributed by atoms with Gasteiger partial charge in [0.2, 0.25) is 11.8 Å². The number of carbonyl (C=O) groups excluding carboxylic acids is 3. The minimum atomic E-state index is -5.03. The van der Waals surface area contributed by atoms with Crippen LogP contribution in [0.15, 0.2) is 36.4 Å². The van der Waals surface area contributed by atoms with Gasteiger partial charge in [0.15, 0.2) is 0 Å². The molecule has 43 heavy (non-hydrogen) atoms. The number of piperidine rings is 1. The number of ether oxygens (including phenoxy) is 1. The van der Waals surface area contributed by atoms with Crippen LogP contribution in [-0.4, -0.2) is 72.9 Å². The zero-order chi connectivity index (χ0) is 31.9. The molecule has 0 aromatic heterocycles. The Balaban J connectivity index is 1.57. The van der Waals surface area contributed by atoms with Crippen molar-refractivity contribution in [2.75, 3.05) is 40.3 Å². The van der Waals surface area contributed by atoms with E-state index in [1.807, 2.05) is 0 Å². The Labute approximate surface area is 243 Å². The van der Waals surface area contributed by atoms with Gasteiger partial charge in [0.1, 0.15) is 5.82 Å². The predicted molar refractivity (Wildman–Crippen MR) is 139 cm³/mol. The lowest BCUT2D eigenvalue weighted by atomic mass is 9.77. The van der Waals surface area contributed by atoms with E-state index in [0.29, 0.717) is 23.3 Å². The standard InChI is InChI=1S/C29H30F7N3O4/c1-16-8-21(30)4-5-22(16)24-15-38(25(40)18-13-39(14-18)27(42)43-3)7-6-23(24)26(41)37(2)12-17-9-19(28(31,32)33)11-20(10-17)29(34,35)36/h4-5,8-11,18,23-24H,6-7,12-15H2,1-3H3. The number of alkyl halides is 6. The highest BCUT2D eigenvalue weighted by atomic mass is 19.4. The normalized spacial score (nSPS) is 19.6. The number of hydrogen-bond acceptors (Lipinski definition) is 4. The Morgan fingerprint density at radius 3 is 2.07 bits per heavy atom. The van der Waals surface area contributed by atoms with Crippen LogP contribution < -0.4 is 0 Å². The maximum absolute atomic E-state index is 13.9. The van der Waals surface area contributed by atoms with Gasteiger partial charge in [-0.25, -0.2) is 9.18 Å². The van der Waals surface area contributed by atoms with Crippen LogP contribution in [0.2, 0.25) is 0 Å². The van der Waals surface area contributed by atoms with Crippen molar-refractivity contribution in [3.8, 4) is 0 Å². The summed E-state index contributed by atoms with van der Waals surface area (Å²) in [4.78, 5) is 42.6. The van der Waals surface area contributed by atoms with Gasteiger partial charge in [0.05, 0.1) is 24.2 Å². The molecule has 3 amide bonds. The third-order valence-corrected chi connectivity index (χ3v) is 7.98. The fourth-order valence-electron chi connectivity index (χ4n) is 5.73. The Hall–Kier alpha value is -3.84. The molecule has 2 aliphatic rings. The second-order valence-electron chi connectivity index (χ2n) is 11.0. The van der Waals surface area contributed by atoms with Gasteiger partial charge in [-0.2, -0.15) is 26.3 Å². The third kappa shape index (κ3) is 7.04. The van der Waals surface area contributed by atoms with E-state index in [0.717, 1.165) is 4.90 Å². The van der Waals surface area contributed by atoms with Crippen LogP contribution in [0.3, 0.4) is 0 Å². The molecule has 2 unspecified atom stereocenters. The van der Waals surface area contributed by atoms with Gasteiger partial charge in [-0.1, -0.05) is 6.07 Å². The van der Waals surface area contributed by atoms with E-state index in [1.54, 1.807) is 11.8 Å². The summed E-state index contributed by atoms with van der Waals surface area (Å²) in [6, 6.07) is 5.20. The number of hydrogen-bond donors (Lipinski definition) is 0. The molecule has 14 heteroatoms. The zero-order valence-electron chi connectivity index (χ0n) is 23.6. The number of rotatable bonds is 5. The number of amides is 3. The first-order valence-electron chi connectivity index (χ1n) is 13.4. The molecular formula is C29H30F7N3O4. The maximum atomic E-state index is 13.9. The van der Waals surface area contributed by atoms with Gasteiger partial charge < -0.3 is 19.4 Å². The number of likely N-dealkylation sites (tertiary alicyclic amines) is 2. The van der Waals surface area contributed by atoms with Crippen LogP contribution in [0.25, 0.3) is 0 Å². The summed E-state index contributed by atoms with van der Waals surface area (Å²) < 4.78 is 98.8. The van der Waals surface area contributed by atoms with Crippen LogP contribution in [0.5, 0.6) is 0 Å². The van der Waals surface area contributed by atoms with Crippen LogP contribution in [-0.2, 0) is 33.2 Å². The van der Waals surface area contributed by atoms with Crippen molar-refractivity contribution < 1.29 is 49.9 Å². The average molecular weight is 618 g/mol. The molecule has 2 saturated heterocycles. The van der Waals surface area contributed by atoms with Crippen molar-refractivity contribution in [3.05, 3.63) is 70.0 Å². The fraction of sp³-hybridized carbons (Fsp3) is 0.483. The molecule has 0 spiro atoms. The number of aryl methyl sites for hydroxylation is 1. The summed E-state index contributed by atoms with van der Waals surface area (Å²) in [5.41, 5.74) is -2.19. The quantitative estimate of drug-likeness (QED) is 0.418. The highest BCUT2D eigenvalue weighted by Crippen LogP contribution is 2.39. The first-order chi connectivity index (χ1) is 20.0. The number of nitrogens with zero attached hydrogens (tertiary/aromatic N) is 3. The molecule has 2 atom stereocenters. The molecule has 0 saturated carbocycles. The lowest BCUT2D eigenvalue weighted by Crippen LogP contribution is -2.58. The molecule has 0 N–H and O–H groups in total. The number of halogens is 7. The summed E-state index contributed by atoms with van der Waals surface area (Å²) >= 11 is 0. The Bertz CT molecular complexity index is 1360. The minimum Gasteiger partial charge on any atom is -0.453 e. The molecule has 2 fully saturated rings. The van der Waals surface area contributed by atoms with E-state index in [4.69, 9.17) is 0 Å². The molecule has 0 radical (unpaired) electrons. The van der Waals surface area contributed by atoms with E-state index < -0.39 is 65.6 Å². The van der Waals surface area contributed by atoms with Gasteiger partial charge in [0.25, 0.3) is 0 Å². The van der Waals surface area contributed by atoms with Crippen LogP contribution in [0.1, 0.15) is 40.2 Å². The smallest absolute Gasteiger partial charge is 0.416 e. The van der Waals surface area contributed by atoms with Gasteiger partial charge >= 0.3 is 18.4 Å². The van der Waals surface area contributed by atoms with Gasteiger partial charge in [0, 0.05) is 51.6 Å². The van der Waals surface area contributed by atoms with Crippen molar-refractivity contribution >= 4 is 17.9 Å². The lowest BCUT2D eigenvalue weighted by molar-refractivity contribution is -0.146. The molecular weight excluding hydrogens is 587 g/mol. The molecule has 4 rings (SSSR count). The van der Waals surface area contributed by atoms with Crippen LogP contribution >= 0.6 is 0 Å². The number of carbonyl (C=O) groups is 3. The van der Waals surface area contributed by atoms with Gasteiger partial charge in [-0.3, -0.25) is 9.59 Å². The van der Waals surface area contributed by atoms with Crippen molar-refractivity contribution in [3.63, 3.8) is 0 Å². The second kappa shape index (κ2) is 12.0. The zero-order valence-corrected chi connectivity index (χ0v) is 23.6. The van der Waals surface area contributed by atoms with Crippen LogP contribution in [0, 0.1) is 24.6 Å². The van der Waals surface area contributed by atoms with E-state index in [-0.39, 0.29) is 50.1 Å². The first-order valence-corrected chi connectivity index (χ1v) is 13.4. The topological polar surface area (TPSA) is 70.2 Å². The van der Waals surface area contributed by atoms with Crippen LogP contribution in [0.4, 0.5) is 35.5 Å². The molecule has 2 aromatic carbocycles. The van der Waals surface area contributed by atoms with E-state index in [9.17, 15) is 45.1 Å². The SMILES string of the molecule is COC(=O)N1CC(C(=O)N2CCC(C(=O)N(C)Cc3cc(C(F)(F)F)cc(C(F)(F)F)c3)C(c3ccc(F)cc3C)C2)C1. The largest absolute Gasteiger partial charge is 0.453 e. The molecule has 2 aromatic rings. The van der Waals surface area contributed by atoms with Gasteiger partial charge in [-0.15, -0.1) is 0 Å². The summed E-state index contributed by atoms with van der Waals surface area (Å²) in [5, 5.41) is 0. The van der Waals surface area contributed by atoms with Crippen molar-refractivity contribution in [2.24, 2.45) is 11.8 Å². The monoisotopic (exact) mass is 617 g/mol. The molecule has 2 aliphatic heterocycles. The fourth-order valence-corrected chi connectivity index (χ4v) is 5.73. The Morgan fingerprint density at radius 1 is 0.930 bits per heavy atom. The Morgan fingerprint density at radius 2 is 1.53 bits per heavy atom. The average Bonchev–Trinajstić information content (AvgIpc) is 2.90. The van der Waals surface area contributed by atoms with E-state index in [1.165, 1.54) is 37.3 Å². The minimum absolute atomic E-state index is 0.0257. The van der Waals surface area contributed by atoms with Crippen molar-refractivity contribution in [2.45, 2.75) is 38.2 Å². The molecule has 0 bridgehead atoms. The van der Waals surface area contributed by atoms with E-state index >= 15 is 0 Å². The molecule has 7 nitrogen and oxygen atoms in total.